The molecular formula is C25H40O2. The molecule has 0 N–H and O–H groups in total. The molecule has 4 rings (SSSR count). The van der Waals surface area contributed by atoms with Crippen molar-refractivity contribution in [2.45, 2.75) is 97.0 Å². The number of carbonyl (C=O) groups excluding carboxylic acids is 1. The van der Waals surface area contributed by atoms with Gasteiger partial charge >= 0.3 is 5.97 Å². The summed E-state index contributed by atoms with van der Waals surface area (Å²) in [6, 6.07) is 0. The van der Waals surface area contributed by atoms with Crippen LogP contribution in [-0.4, -0.2) is 12.1 Å². The molecule has 4 aliphatic rings. The minimum atomic E-state index is 0.110. The Morgan fingerprint density at radius 3 is 2.22 bits per heavy atom. The van der Waals surface area contributed by atoms with Crippen LogP contribution in [0.25, 0.3) is 0 Å². The fourth-order valence-electron chi connectivity index (χ4n) is 6.87. The van der Waals surface area contributed by atoms with Crippen molar-refractivity contribution < 1.29 is 9.53 Å². The van der Waals surface area contributed by atoms with Crippen molar-refractivity contribution in [1.82, 2.24) is 0 Å². The van der Waals surface area contributed by atoms with Gasteiger partial charge in [0.2, 0.25) is 0 Å². The summed E-state index contributed by atoms with van der Waals surface area (Å²) in [6.45, 7) is 4.53. The molecule has 0 aromatic heterocycles. The van der Waals surface area contributed by atoms with Gasteiger partial charge in [0.25, 0.3) is 0 Å². The number of allylic oxidation sites excluding steroid dienone is 2. The van der Waals surface area contributed by atoms with Gasteiger partial charge in [0.15, 0.2) is 0 Å². The molecule has 152 valence electrons. The molecule has 2 nitrogen and oxygen atoms in total. The highest BCUT2D eigenvalue weighted by molar-refractivity contribution is 5.74. The SMILES string of the molecule is CC(C)[C@@H]1C=C[C@@H]2CCC[C@@H]2[C@H]1C(=O)OC1CCC(C2CCCCC2)CC1. The lowest BCUT2D eigenvalue weighted by Gasteiger charge is -2.39. The zero-order chi connectivity index (χ0) is 18.8. The van der Waals surface area contributed by atoms with Crippen LogP contribution in [0.3, 0.4) is 0 Å². The molecule has 4 aliphatic carbocycles. The second-order valence-electron chi connectivity index (χ2n) is 10.4. The lowest BCUT2D eigenvalue weighted by atomic mass is 9.68. The Labute approximate surface area is 166 Å². The van der Waals surface area contributed by atoms with Gasteiger partial charge in [-0.15, -0.1) is 0 Å². The van der Waals surface area contributed by atoms with Crippen LogP contribution in [0.1, 0.15) is 90.9 Å². The van der Waals surface area contributed by atoms with E-state index in [2.05, 4.69) is 26.0 Å². The van der Waals surface area contributed by atoms with Crippen molar-refractivity contribution in [1.29, 1.82) is 0 Å². The van der Waals surface area contributed by atoms with E-state index >= 15 is 0 Å². The number of ether oxygens (including phenoxy) is 1. The first kappa shape index (κ1) is 19.5. The van der Waals surface area contributed by atoms with Crippen LogP contribution in [0.2, 0.25) is 0 Å². The average molecular weight is 373 g/mol. The van der Waals surface area contributed by atoms with Crippen LogP contribution in [0, 0.1) is 41.4 Å². The van der Waals surface area contributed by atoms with Gasteiger partial charge in [0, 0.05) is 0 Å². The van der Waals surface area contributed by atoms with E-state index in [0.29, 0.717) is 23.7 Å². The molecule has 0 spiro atoms. The van der Waals surface area contributed by atoms with E-state index in [-0.39, 0.29) is 18.0 Å². The van der Waals surface area contributed by atoms with Gasteiger partial charge in [0.1, 0.15) is 6.10 Å². The van der Waals surface area contributed by atoms with Crippen LogP contribution in [0.15, 0.2) is 12.2 Å². The highest BCUT2D eigenvalue weighted by Crippen LogP contribution is 2.47. The number of hydrogen-bond acceptors (Lipinski definition) is 2. The highest BCUT2D eigenvalue weighted by Gasteiger charge is 2.45. The molecule has 3 saturated carbocycles. The second kappa shape index (κ2) is 8.70. The molecule has 0 heterocycles. The third-order valence-corrected chi connectivity index (χ3v) is 8.44. The predicted octanol–water partition coefficient (Wildman–Crippen LogP) is 6.54. The van der Waals surface area contributed by atoms with Crippen LogP contribution in [0.4, 0.5) is 0 Å². The Kier molecular flexibility index (Phi) is 6.29. The van der Waals surface area contributed by atoms with Gasteiger partial charge in [0.05, 0.1) is 5.92 Å². The molecule has 4 atom stereocenters. The number of fused-ring (bicyclic) bond motifs is 1. The van der Waals surface area contributed by atoms with E-state index in [1.807, 2.05) is 0 Å². The van der Waals surface area contributed by atoms with Crippen LogP contribution < -0.4 is 0 Å². The van der Waals surface area contributed by atoms with Crippen LogP contribution >= 0.6 is 0 Å². The fourth-order valence-corrected chi connectivity index (χ4v) is 6.87. The van der Waals surface area contributed by atoms with Crippen molar-refractivity contribution in [2.24, 2.45) is 41.4 Å². The summed E-state index contributed by atoms with van der Waals surface area (Å²) in [6.07, 6.45) is 20.7. The van der Waals surface area contributed by atoms with Gasteiger partial charge in [-0.2, -0.15) is 0 Å². The monoisotopic (exact) mass is 372 g/mol. The third-order valence-electron chi connectivity index (χ3n) is 8.44. The Morgan fingerprint density at radius 1 is 0.815 bits per heavy atom. The maximum atomic E-state index is 13.3. The third kappa shape index (κ3) is 4.30. The first-order valence-corrected chi connectivity index (χ1v) is 12.0. The first-order chi connectivity index (χ1) is 13.1. The van der Waals surface area contributed by atoms with E-state index in [0.717, 1.165) is 24.7 Å². The maximum absolute atomic E-state index is 13.3. The molecule has 0 aliphatic heterocycles. The largest absolute Gasteiger partial charge is 0.462 e. The van der Waals surface area contributed by atoms with E-state index in [4.69, 9.17) is 4.74 Å². The molecule has 0 aromatic carbocycles. The summed E-state index contributed by atoms with van der Waals surface area (Å²) < 4.78 is 6.18. The topological polar surface area (TPSA) is 26.3 Å². The summed E-state index contributed by atoms with van der Waals surface area (Å²) >= 11 is 0. The van der Waals surface area contributed by atoms with Crippen molar-refractivity contribution >= 4 is 5.97 Å². The summed E-state index contributed by atoms with van der Waals surface area (Å²) in [7, 11) is 0. The molecule has 2 heteroatoms. The van der Waals surface area contributed by atoms with Gasteiger partial charge in [-0.25, -0.2) is 0 Å². The minimum Gasteiger partial charge on any atom is -0.462 e. The van der Waals surface area contributed by atoms with E-state index in [1.54, 1.807) is 0 Å². The summed E-state index contributed by atoms with van der Waals surface area (Å²) in [5, 5.41) is 0. The highest BCUT2D eigenvalue weighted by atomic mass is 16.5. The number of rotatable bonds is 4. The van der Waals surface area contributed by atoms with Crippen LogP contribution in [-0.2, 0) is 9.53 Å². The molecule has 0 saturated heterocycles. The summed E-state index contributed by atoms with van der Waals surface area (Å²) in [5.74, 6) is 4.16. The van der Waals surface area contributed by atoms with E-state index in [1.165, 1.54) is 64.2 Å². The van der Waals surface area contributed by atoms with Gasteiger partial charge in [-0.05, 0) is 74.0 Å². The molecule has 27 heavy (non-hydrogen) atoms. The molecule has 0 amide bonds. The Bertz CT molecular complexity index is 522. The lowest BCUT2D eigenvalue weighted by molar-refractivity contribution is -0.161. The van der Waals surface area contributed by atoms with Crippen molar-refractivity contribution in [3.63, 3.8) is 0 Å². The standard InChI is InChI=1S/C25H40O2/c1-17(2)22-16-13-20-9-6-10-23(20)24(22)25(26)27-21-14-11-19(12-15-21)18-7-4-3-5-8-18/h13,16-24H,3-12,14-15H2,1-2H3/t19?,20-,21?,22-,23-,24-/m0/s1. The van der Waals surface area contributed by atoms with E-state index in [9.17, 15) is 4.79 Å². The predicted molar refractivity (Wildman–Crippen MR) is 110 cm³/mol. The zero-order valence-electron chi connectivity index (χ0n) is 17.6. The van der Waals surface area contributed by atoms with Gasteiger partial charge < -0.3 is 4.74 Å². The molecule has 3 fully saturated rings. The number of hydrogen-bond donors (Lipinski definition) is 0. The second-order valence-corrected chi connectivity index (χ2v) is 10.4. The minimum absolute atomic E-state index is 0.110. The Hall–Kier alpha value is -0.790. The zero-order valence-corrected chi connectivity index (χ0v) is 17.6. The molecule has 0 unspecified atom stereocenters. The maximum Gasteiger partial charge on any atom is 0.310 e. The van der Waals surface area contributed by atoms with Crippen molar-refractivity contribution in [3.8, 4) is 0 Å². The average Bonchev–Trinajstić information content (AvgIpc) is 3.17. The van der Waals surface area contributed by atoms with E-state index < -0.39 is 0 Å². The normalized spacial score (nSPS) is 40.1. The number of carbonyl (C=O) groups is 1. The van der Waals surface area contributed by atoms with Gasteiger partial charge in [-0.1, -0.05) is 64.5 Å². The number of esters is 1. The first-order valence-electron chi connectivity index (χ1n) is 12.0. The molecule has 0 aromatic rings. The fraction of sp³-hybridized carbons (Fsp3) is 0.880. The van der Waals surface area contributed by atoms with Crippen molar-refractivity contribution in [2.75, 3.05) is 0 Å². The Balaban J connectivity index is 1.33. The Morgan fingerprint density at radius 2 is 1.52 bits per heavy atom. The van der Waals surface area contributed by atoms with Crippen molar-refractivity contribution in [3.05, 3.63) is 12.2 Å². The van der Waals surface area contributed by atoms with Crippen LogP contribution in [0.5, 0.6) is 0 Å². The molecular weight excluding hydrogens is 332 g/mol. The molecule has 0 bridgehead atoms. The molecule has 0 radical (unpaired) electrons. The quantitative estimate of drug-likeness (QED) is 0.413. The smallest absolute Gasteiger partial charge is 0.310 e. The summed E-state index contributed by atoms with van der Waals surface area (Å²) in [5.41, 5.74) is 0. The van der Waals surface area contributed by atoms with Gasteiger partial charge in [-0.3, -0.25) is 4.79 Å². The lowest BCUT2D eigenvalue weighted by Crippen LogP contribution is -2.40. The summed E-state index contributed by atoms with van der Waals surface area (Å²) in [4.78, 5) is 13.3.